The zero-order valence-electron chi connectivity index (χ0n) is 16.0. The van der Waals surface area contributed by atoms with Gasteiger partial charge in [-0.05, 0) is 40.9 Å². The number of rotatable bonds is 3. The van der Waals surface area contributed by atoms with Crippen LogP contribution in [0.4, 0.5) is 0 Å². The molecular formula is C25H18N2O2S. The quantitative estimate of drug-likeness (QED) is 0.409. The molecule has 0 aliphatic heterocycles. The smallest absolute Gasteiger partial charge is 0.264 e. The maximum Gasteiger partial charge on any atom is 0.264 e. The van der Waals surface area contributed by atoms with Crippen molar-refractivity contribution in [2.75, 3.05) is 0 Å². The van der Waals surface area contributed by atoms with Gasteiger partial charge >= 0.3 is 0 Å². The minimum Gasteiger partial charge on any atom is -0.275 e. The molecule has 0 fully saturated rings. The Morgan fingerprint density at radius 1 is 0.900 bits per heavy atom. The van der Waals surface area contributed by atoms with E-state index < -0.39 is 15.6 Å². The zero-order chi connectivity index (χ0) is 21.0. The monoisotopic (exact) mass is 410 g/mol. The van der Waals surface area contributed by atoms with Crippen molar-refractivity contribution < 1.29 is 9.00 Å². The van der Waals surface area contributed by atoms with Crippen LogP contribution in [-0.4, -0.2) is 21.0 Å². The predicted molar refractivity (Wildman–Crippen MR) is 122 cm³/mol. The number of hydrogen-bond acceptors (Lipinski definition) is 3. The summed E-state index contributed by atoms with van der Waals surface area (Å²) in [4.78, 5) is 17.2. The predicted octanol–water partition coefficient (Wildman–Crippen LogP) is 4.05. The fourth-order valence-corrected chi connectivity index (χ4v) is 4.15. The molecular weight excluding hydrogens is 392 g/mol. The van der Waals surface area contributed by atoms with Gasteiger partial charge in [0.25, 0.3) is 5.91 Å². The van der Waals surface area contributed by atoms with Crippen LogP contribution < -0.4 is 4.72 Å². The van der Waals surface area contributed by atoms with Gasteiger partial charge in [0.1, 0.15) is 0 Å². The van der Waals surface area contributed by atoms with Crippen LogP contribution in [0.15, 0.2) is 96.2 Å². The highest BCUT2D eigenvalue weighted by Crippen LogP contribution is 2.17. The lowest BCUT2D eigenvalue weighted by molar-refractivity contribution is 0.0982. The average Bonchev–Trinajstić information content (AvgIpc) is 2.78. The molecule has 1 amide bonds. The summed E-state index contributed by atoms with van der Waals surface area (Å²) >= 11 is 0. The first-order chi connectivity index (χ1) is 14.5. The number of aromatic nitrogens is 1. The summed E-state index contributed by atoms with van der Waals surface area (Å²) in [5, 5.41) is 2.18. The second-order valence-electron chi connectivity index (χ2n) is 6.66. The van der Waals surface area contributed by atoms with E-state index in [0.717, 1.165) is 16.3 Å². The van der Waals surface area contributed by atoms with Crippen molar-refractivity contribution in [3.05, 3.63) is 108 Å². The number of fused-ring (bicyclic) bond motifs is 1. The van der Waals surface area contributed by atoms with E-state index in [-0.39, 0.29) is 5.56 Å². The van der Waals surface area contributed by atoms with Crippen LogP contribution in [0.5, 0.6) is 0 Å². The Morgan fingerprint density at radius 2 is 1.63 bits per heavy atom. The van der Waals surface area contributed by atoms with Crippen LogP contribution in [0.3, 0.4) is 0 Å². The maximum atomic E-state index is 12.8. The molecule has 30 heavy (non-hydrogen) atoms. The lowest BCUT2D eigenvalue weighted by Crippen LogP contribution is -2.30. The Balaban J connectivity index is 1.59. The topological polar surface area (TPSA) is 59.1 Å². The molecule has 4 rings (SSSR count). The number of hydrogen-bond donors (Lipinski definition) is 1. The number of benzene rings is 3. The number of amides is 1. The van der Waals surface area contributed by atoms with Gasteiger partial charge in [0.15, 0.2) is 0 Å². The van der Waals surface area contributed by atoms with Crippen LogP contribution in [0, 0.1) is 11.8 Å². The number of nitrogens with one attached hydrogen (secondary N) is 1. The molecule has 0 aliphatic rings. The Bertz CT molecular complexity index is 1390. The SMILES string of the molecule is C=S(=O)(NC(=O)c1cncc(C#Cc2cccc3ccccc23)c1)c1ccccc1. The zero-order valence-corrected chi connectivity index (χ0v) is 16.9. The molecule has 1 atom stereocenters. The molecule has 1 aromatic heterocycles. The fraction of sp³-hybridized carbons (Fsp3) is 0. The Kier molecular flexibility index (Phi) is 5.34. The van der Waals surface area contributed by atoms with Gasteiger partial charge in [0, 0.05) is 28.4 Å². The van der Waals surface area contributed by atoms with E-state index in [1.807, 2.05) is 48.5 Å². The summed E-state index contributed by atoms with van der Waals surface area (Å²) in [6.45, 7) is 0. The van der Waals surface area contributed by atoms with Gasteiger partial charge in [-0.3, -0.25) is 14.5 Å². The van der Waals surface area contributed by atoms with E-state index in [2.05, 4.69) is 27.4 Å². The number of carbonyl (C=O) groups is 1. The van der Waals surface area contributed by atoms with Gasteiger partial charge < -0.3 is 0 Å². The number of carbonyl (C=O) groups excluding carboxylic acids is 1. The van der Waals surface area contributed by atoms with Crippen molar-refractivity contribution in [2.24, 2.45) is 0 Å². The van der Waals surface area contributed by atoms with Gasteiger partial charge in [-0.2, -0.15) is 0 Å². The van der Waals surface area contributed by atoms with Crippen molar-refractivity contribution >= 4 is 32.3 Å². The third-order valence-electron chi connectivity index (χ3n) is 4.51. The van der Waals surface area contributed by atoms with Crippen LogP contribution in [0.25, 0.3) is 10.8 Å². The molecule has 3 aromatic carbocycles. The van der Waals surface area contributed by atoms with Gasteiger partial charge in [0.2, 0.25) is 0 Å². The van der Waals surface area contributed by atoms with Gasteiger partial charge in [-0.15, -0.1) is 0 Å². The molecule has 0 bridgehead atoms. The molecule has 0 radical (unpaired) electrons. The molecule has 1 N–H and O–H groups in total. The van der Waals surface area contributed by atoms with Crippen molar-refractivity contribution in [2.45, 2.75) is 4.90 Å². The van der Waals surface area contributed by atoms with Crippen molar-refractivity contribution in [3.63, 3.8) is 0 Å². The third kappa shape index (κ3) is 4.24. The molecule has 1 unspecified atom stereocenters. The van der Waals surface area contributed by atoms with Gasteiger partial charge in [-0.25, -0.2) is 4.21 Å². The highest BCUT2D eigenvalue weighted by atomic mass is 32.2. The number of pyridine rings is 1. The minimum absolute atomic E-state index is 0.270. The molecule has 4 nitrogen and oxygen atoms in total. The van der Waals surface area contributed by atoms with Crippen LogP contribution in [0.2, 0.25) is 0 Å². The lowest BCUT2D eigenvalue weighted by Gasteiger charge is -2.11. The Labute approximate surface area is 175 Å². The minimum atomic E-state index is -2.96. The van der Waals surface area contributed by atoms with Crippen LogP contribution in [0.1, 0.15) is 21.5 Å². The van der Waals surface area contributed by atoms with E-state index in [4.69, 9.17) is 0 Å². The molecule has 4 aromatic rings. The lowest BCUT2D eigenvalue weighted by atomic mass is 10.0. The summed E-state index contributed by atoms with van der Waals surface area (Å²) in [5.74, 6) is 9.38. The molecule has 5 heteroatoms. The van der Waals surface area contributed by atoms with E-state index in [9.17, 15) is 9.00 Å². The highest BCUT2D eigenvalue weighted by molar-refractivity contribution is 7.99. The Morgan fingerprint density at radius 3 is 2.47 bits per heavy atom. The first-order valence-electron chi connectivity index (χ1n) is 9.22. The summed E-state index contributed by atoms with van der Waals surface area (Å²) in [6, 6.07) is 24.2. The van der Waals surface area contributed by atoms with Gasteiger partial charge in [0.05, 0.1) is 15.3 Å². The molecule has 146 valence electrons. The van der Waals surface area contributed by atoms with Crippen molar-refractivity contribution in [3.8, 4) is 11.8 Å². The molecule has 0 aliphatic carbocycles. The Hall–Kier alpha value is -3.88. The van der Waals surface area contributed by atoms with E-state index in [1.165, 1.54) is 6.20 Å². The van der Waals surface area contributed by atoms with E-state index in [1.54, 1.807) is 36.5 Å². The second kappa shape index (κ2) is 8.24. The molecule has 0 saturated heterocycles. The normalized spacial score (nSPS) is 12.4. The van der Waals surface area contributed by atoms with E-state index in [0.29, 0.717) is 10.5 Å². The second-order valence-corrected chi connectivity index (χ2v) is 8.68. The van der Waals surface area contributed by atoms with E-state index >= 15 is 0 Å². The number of nitrogens with zero attached hydrogens (tertiary/aromatic N) is 1. The third-order valence-corrected chi connectivity index (χ3v) is 6.06. The highest BCUT2D eigenvalue weighted by Gasteiger charge is 2.14. The maximum absolute atomic E-state index is 12.8. The largest absolute Gasteiger partial charge is 0.275 e. The van der Waals surface area contributed by atoms with Crippen molar-refractivity contribution in [1.82, 2.24) is 9.71 Å². The van der Waals surface area contributed by atoms with Crippen molar-refractivity contribution in [1.29, 1.82) is 0 Å². The van der Waals surface area contributed by atoms with Crippen LogP contribution >= 0.6 is 0 Å². The molecule has 0 spiro atoms. The summed E-state index contributed by atoms with van der Waals surface area (Å²) in [5.41, 5.74) is 1.76. The molecule has 0 saturated carbocycles. The molecule has 1 heterocycles. The van der Waals surface area contributed by atoms with Crippen LogP contribution in [-0.2, 0) is 9.71 Å². The standard InChI is InChI=1S/C25H18N2O2S/c1-30(29,23-11-3-2-4-12-23)27-25(28)22-16-19(17-26-18-22)14-15-21-10-7-9-20-8-5-6-13-24(20)21/h2-13,16-18H,1H2,(H,27,28,29). The fourth-order valence-electron chi connectivity index (χ4n) is 3.01. The van der Waals surface area contributed by atoms with Gasteiger partial charge in [-0.1, -0.05) is 66.4 Å². The summed E-state index contributed by atoms with van der Waals surface area (Å²) in [6.07, 6.45) is 3.01. The average molecular weight is 410 g/mol. The summed E-state index contributed by atoms with van der Waals surface area (Å²) < 4.78 is 15.3. The first-order valence-corrected chi connectivity index (χ1v) is 10.9. The first kappa shape index (κ1) is 19.4. The summed E-state index contributed by atoms with van der Waals surface area (Å²) in [7, 11) is -2.96.